The predicted octanol–water partition coefficient (Wildman–Crippen LogP) is 3.75. The SMILES string of the molecule is CN=C(NCCc1c[nH]c2ccc(Cl)cc12)NCc1ccc(OC)cc1OC. The number of hydrogen-bond acceptors (Lipinski definition) is 3. The van der Waals surface area contributed by atoms with Crippen molar-refractivity contribution in [2.24, 2.45) is 4.99 Å². The molecule has 1 heterocycles. The first-order chi connectivity index (χ1) is 13.6. The largest absolute Gasteiger partial charge is 0.497 e. The van der Waals surface area contributed by atoms with Gasteiger partial charge in [-0.25, -0.2) is 0 Å². The number of nitrogens with zero attached hydrogens (tertiary/aromatic N) is 1. The lowest BCUT2D eigenvalue weighted by atomic mass is 10.1. The number of rotatable bonds is 7. The average Bonchev–Trinajstić information content (AvgIpc) is 3.12. The van der Waals surface area contributed by atoms with E-state index in [1.54, 1.807) is 21.3 Å². The van der Waals surface area contributed by atoms with Crippen molar-refractivity contribution in [2.45, 2.75) is 13.0 Å². The van der Waals surface area contributed by atoms with Crippen LogP contribution < -0.4 is 20.1 Å². The Morgan fingerprint density at radius 3 is 2.68 bits per heavy atom. The molecule has 0 unspecified atom stereocenters. The molecular weight excluding hydrogens is 376 g/mol. The number of nitrogens with one attached hydrogen (secondary N) is 3. The summed E-state index contributed by atoms with van der Waals surface area (Å²) in [6.07, 6.45) is 2.88. The Morgan fingerprint density at radius 1 is 1.07 bits per heavy atom. The summed E-state index contributed by atoms with van der Waals surface area (Å²) in [5.74, 6) is 2.27. The number of halogens is 1. The van der Waals surface area contributed by atoms with Crippen LogP contribution in [-0.4, -0.2) is 38.8 Å². The maximum absolute atomic E-state index is 6.12. The van der Waals surface area contributed by atoms with Gasteiger partial charge in [-0.2, -0.15) is 0 Å². The molecular formula is C21H25ClN4O2. The predicted molar refractivity (Wildman–Crippen MR) is 115 cm³/mol. The molecule has 0 aliphatic heterocycles. The second-order valence-electron chi connectivity index (χ2n) is 6.28. The zero-order valence-corrected chi connectivity index (χ0v) is 17.1. The van der Waals surface area contributed by atoms with Gasteiger partial charge in [-0.05, 0) is 42.3 Å². The number of aromatic nitrogens is 1. The van der Waals surface area contributed by atoms with Crippen LogP contribution in [0.3, 0.4) is 0 Å². The molecule has 2 aromatic carbocycles. The highest BCUT2D eigenvalue weighted by Crippen LogP contribution is 2.24. The molecule has 6 nitrogen and oxygen atoms in total. The van der Waals surface area contributed by atoms with Crippen LogP contribution in [0, 0.1) is 0 Å². The average molecular weight is 401 g/mol. The zero-order valence-electron chi connectivity index (χ0n) is 16.3. The Balaban J connectivity index is 1.56. The van der Waals surface area contributed by atoms with Gasteiger partial charge >= 0.3 is 0 Å². The molecule has 7 heteroatoms. The van der Waals surface area contributed by atoms with Crippen LogP contribution in [0.4, 0.5) is 0 Å². The summed E-state index contributed by atoms with van der Waals surface area (Å²) < 4.78 is 10.7. The maximum Gasteiger partial charge on any atom is 0.191 e. The molecule has 0 amide bonds. The summed E-state index contributed by atoms with van der Waals surface area (Å²) in [5, 5.41) is 8.55. The van der Waals surface area contributed by atoms with E-state index in [0.29, 0.717) is 6.54 Å². The van der Waals surface area contributed by atoms with E-state index >= 15 is 0 Å². The number of aromatic amines is 1. The smallest absolute Gasteiger partial charge is 0.191 e. The third-order valence-electron chi connectivity index (χ3n) is 4.58. The highest BCUT2D eigenvalue weighted by molar-refractivity contribution is 6.31. The van der Waals surface area contributed by atoms with Crippen molar-refractivity contribution in [2.75, 3.05) is 27.8 Å². The summed E-state index contributed by atoms with van der Waals surface area (Å²) in [6.45, 7) is 1.34. The van der Waals surface area contributed by atoms with Crippen molar-refractivity contribution in [3.8, 4) is 11.5 Å². The minimum absolute atomic E-state index is 0.593. The lowest BCUT2D eigenvalue weighted by molar-refractivity contribution is 0.390. The molecule has 3 N–H and O–H groups in total. The van der Waals surface area contributed by atoms with Gasteiger partial charge in [0.2, 0.25) is 0 Å². The molecule has 1 aromatic heterocycles. The summed E-state index contributed by atoms with van der Waals surface area (Å²) >= 11 is 6.12. The molecule has 0 saturated heterocycles. The quantitative estimate of drug-likeness (QED) is 0.417. The zero-order chi connectivity index (χ0) is 19.9. The van der Waals surface area contributed by atoms with E-state index in [4.69, 9.17) is 21.1 Å². The molecule has 0 bridgehead atoms. The van der Waals surface area contributed by atoms with Crippen LogP contribution in [0.15, 0.2) is 47.6 Å². The van der Waals surface area contributed by atoms with Gasteiger partial charge in [-0.15, -0.1) is 0 Å². The second-order valence-corrected chi connectivity index (χ2v) is 6.72. The molecule has 28 heavy (non-hydrogen) atoms. The standard InChI is InChI=1S/C21H25ClN4O2/c1-23-21(26-13-15-4-6-17(27-2)11-20(15)28-3)24-9-8-14-12-25-19-7-5-16(22)10-18(14)19/h4-7,10-12,25H,8-9,13H2,1-3H3,(H2,23,24,26). The minimum atomic E-state index is 0.593. The topological polar surface area (TPSA) is 70.7 Å². The highest BCUT2D eigenvalue weighted by Gasteiger charge is 2.07. The molecule has 0 radical (unpaired) electrons. The molecule has 3 aromatic rings. The first-order valence-electron chi connectivity index (χ1n) is 9.05. The minimum Gasteiger partial charge on any atom is -0.497 e. The lowest BCUT2D eigenvalue weighted by Crippen LogP contribution is -2.37. The molecule has 0 atom stereocenters. The van der Waals surface area contributed by atoms with Gasteiger partial charge in [-0.1, -0.05) is 11.6 Å². The molecule has 0 saturated carbocycles. The van der Waals surface area contributed by atoms with Gasteiger partial charge in [0, 0.05) is 53.9 Å². The van der Waals surface area contributed by atoms with Crippen molar-refractivity contribution in [1.29, 1.82) is 0 Å². The number of fused-ring (bicyclic) bond motifs is 1. The summed E-state index contributed by atoms with van der Waals surface area (Å²) in [4.78, 5) is 7.57. The summed E-state index contributed by atoms with van der Waals surface area (Å²) in [5.41, 5.74) is 3.34. The van der Waals surface area contributed by atoms with E-state index in [1.807, 2.05) is 42.6 Å². The Hall–Kier alpha value is -2.86. The Labute approximate surface area is 169 Å². The van der Waals surface area contributed by atoms with Crippen LogP contribution in [0.1, 0.15) is 11.1 Å². The molecule has 0 aliphatic carbocycles. The number of benzene rings is 2. The number of methoxy groups -OCH3 is 2. The van der Waals surface area contributed by atoms with E-state index in [0.717, 1.165) is 51.9 Å². The van der Waals surface area contributed by atoms with Crippen LogP contribution in [0.25, 0.3) is 10.9 Å². The van der Waals surface area contributed by atoms with E-state index in [1.165, 1.54) is 5.56 Å². The van der Waals surface area contributed by atoms with Gasteiger partial charge in [0.15, 0.2) is 5.96 Å². The van der Waals surface area contributed by atoms with Gasteiger partial charge in [0.05, 0.1) is 14.2 Å². The van der Waals surface area contributed by atoms with E-state index in [2.05, 4.69) is 20.6 Å². The van der Waals surface area contributed by atoms with Crippen LogP contribution >= 0.6 is 11.6 Å². The fraction of sp³-hybridized carbons (Fsp3) is 0.286. The second kappa shape index (κ2) is 9.37. The Morgan fingerprint density at radius 2 is 1.93 bits per heavy atom. The monoisotopic (exact) mass is 400 g/mol. The number of aliphatic imine (C=N–C) groups is 1. The lowest BCUT2D eigenvalue weighted by Gasteiger charge is -2.14. The summed E-state index contributed by atoms with van der Waals surface area (Å²) in [7, 11) is 5.05. The van der Waals surface area contributed by atoms with Crippen LogP contribution in [0.5, 0.6) is 11.5 Å². The maximum atomic E-state index is 6.12. The Bertz CT molecular complexity index is 968. The van der Waals surface area contributed by atoms with Gasteiger partial charge in [-0.3, -0.25) is 4.99 Å². The van der Waals surface area contributed by atoms with Crippen LogP contribution in [-0.2, 0) is 13.0 Å². The van der Waals surface area contributed by atoms with E-state index in [9.17, 15) is 0 Å². The van der Waals surface area contributed by atoms with E-state index in [-0.39, 0.29) is 0 Å². The fourth-order valence-corrected chi connectivity index (χ4v) is 3.24. The Kier molecular flexibility index (Phi) is 6.66. The molecule has 0 aliphatic rings. The third-order valence-corrected chi connectivity index (χ3v) is 4.82. The third kappa shape index (κ3) is 4.70. The van der Waals surface area contributed by atoms with Gasteiger partial charge in [0.25, 0.3) is 0 Å². The fourth-order valence-electron chi connectivity index (χ4n) is 3.07. The van der Waals surface area contributed by atoms with E-state index < -0.39 is 0 Å². The molecule has 148 valence electrons. The van der Waals surface area contributed by atoms with Crippen molar-refractivity contribution >= 4 is 28.5 Å². The molecule has 0 fully saturated rings. The number of ether oxygens (including phenoxy) is 2. The van der Waals surface area contributed by atoms with Crippen LogP contribution in [0.2, 0.25) is 5.02 Å². The number of hydrogen-bond donors (Lipinski definition) is 3. The summed E-state index contributed by atoms with van der Waals surface area (Å²) in [6, 6.07) is 11.6. The number of H-pyrrole nitrogens is 1. The van der Waals surface area contributed by atoms with Gasteiger partial charge in [0.1, 0.15) is 11.5 Å². The first kappa shape index (κ1) is 19.9. The van der Waals surface area contributed by atoms with Gasteiger partial charge < -0.3 is 25.1 Å². The van der Waals surface area contributed by atoms with Crippen molar-refractivity contribution in [1.82, 2.24) is 15.6 Å². The molecule has 3 rings (SSSR count). The highest BCUT2D eigenvalue weighted by atomic mass is 35.5. The first-order valence-corrected chi connectivity index (χ1v) is 9.43. The molecule has 0 spiro atoms. The van der Waals surface area contributed by atoms with Crippen molar-refractivity contribution in [3.63, 3.8) is 0 Å². The van der Waals surface area contributed by atoms with Crippen molar-refractivity contribution < 1.29 is 9.47 Å². The van der Waals surface area contributed by atoms with Crippen molar-refractivity contribution in [3.05, 3.63) is 58.7 Å². The number of guanidine groups is 1. The normalized spacial score (nSPS) is 11.5.